The van der Waals surface area contributed by atoms with E-state index in [9.17, 15) is 14.4 Å². The van der Waals surface area contributed by atoms with Gasteiger partial charge in [0.1, 0.15) is 16.9 Å². The highest BCUT2D eigenvalue weighted by Gasteiger charge is 2.05. The fraction of sp³-hybridized carbons (Fsp3) is 0.143. The van der Waals surface area contributed by atoms with Crippen LogP contribution in [0.1, 0.15) is 5.82 Å². The second kappa shape index (κ2) is 7.90. The van der Waals surface area contributed by atoms with Gasteiger partial charge < -0.3 is 11.5 Å². The molecule has 0 bridgehead atoms. The summed E-state index contributed by atoms with van der Waals surface area (Å²) in [7, 11) is 0. The summed E-state index contributed by atoms with van der Waals surface area (Å²) >= 11 is 0. The van der Waals surface area contributed by atoms with E-state index in [0.717, 1.165) is 11.0 Å². The van der Waals surface area contributed by atoms with Crippen molar-refractivity contribution < 1.29 is 0 Å². The Hall–Kier alpha value is -4.36. The minimum atomic E-state index is -0.802. The molecule has 4 rings (SSSR count). The highest BCUT2D eigenvalue weighted by molar-refractivity contribution is 5.72. The number of aromatic amines is 3. The fourth-order valence-electron chi connectivity index (χ4n) is 2.18. The van der Waals surface area contributed by atoms with Gasteiger partial charge in [-0.05, 0) is 12.1 Å². The van der Waals surface area contributed by atoms with Crippen molar-refractivity contribution in [3.8, 4) is 0 Å². The second-order valence-electron chi connectivity index (χ2n) is 5.37. The van der Waals surface area contributed by atoms with Crippen LogP contribution < -0.4 is 28.5 Å². The van der Waals surface area contributed by atoms with Gasteiger partial charge in [0, 0.05) is 6.42 Å². The van der Waals surface area contributed by atoms with Crippen LogP contribution in [0.4, 0.5) is 11.9 Å². The molecule has 14 nitrogen and oxygen atoms in total. The number of nitrogens with one attached hydrogen (secondary N) is 3. The van der Waals surface area contributed by atoms with Gasteiger partial charge in [-0.2, -0.15) is 29.9 Å². The van der Waals surface area contributed by atoms with E-state index in [1.165, 1.54) is 0 Å². The van der Waals surface area contributed by atoms with E-state index in [-0.39, 0.29) is 11.9 Å². The van der Waals surface area contributed by atoms with Gasteiger partial charge in [-0.1, -0.05) is 12.1 Å². The summed E-state index contributed by atoms with van der Waals surface area (Å²) in [6.07, 6.45) is 0.540. The number of hydrogen-bond acceptors (Lipinski definition) is 10. The van der Waals surface area contributed by atoms with Crippen molar-refractivity contribution in [1.29, 1.82) is 0 Å². The standard InChI is InChI=1S/C11H12N8.C3H3N3O3/c12-10-14-9(15-11(13)16-10)5-6-19-17-7-3-1-2-4-8(7)18-19;7-1-4-2(8)6-3(9)5-1/h1-4H,5-6H2,(H4,12,13,14,15,16);(H3,4,5,6,7,8,9). The number of rotatable bonds is 3. The largest absolute Gasteiger partial charge is 0.368 e. The molecule has 3 heterocycles. The molecular formula is C14H15N11O3. The van der Waals surface area contributed by atoms with E-state index >= 15 is 0 Å². The molecular weight excluding hydrogens is 370 g/mol. The van der Waals surface area contributed by atoms with Crippen LogP contribution in [-0.2, 0) is 13.0 Å². The van der Waals surface area contributed by atoms with E-state index in [1.54, 1.807) is 19.7 Å². The number of H-pyrrole nitrogens is 3. The van der Waals surface area contributed by atoms with Crippen LogP contribution >= 0.6 is 0 Å². The zero-order valence-corrected chi connectivity index (χ0v) is 14.3. The highest BCUT2D eigenvalue weighted by Crippen LogP contribution is 2.07. The summed E-state index contributed by atoms with van der Waals surface area (Å²) in [6.45, 7) is 0.553. The third-order valence-corrected chi connectivity index (χ3v) is 3.26. The van der Waals surface area contributed by atoms with Gasteiger partial charge in [0.05, 0.1) is 6.54 Å². The molecule has 0 amide bonds. The minimum absolute atomic E-state index is 0.126. The maximum absolute atomic E-state index is 10.2. The Morgan fingerprint density at radius 1 is 0.786 bits per heavy atom. The van der Waals surface area contributed by atoms with Crippen molar-refractivity contribution in [1.82, 2.24) is 44.9 Å². The Kier molecular flexibility index (Phi) is 5.20. The monoisotopic (exact) mass is 385 g/mol. The molecule has 0 aliphatic carbocycles. The molecule has 7 N–H and O–H groups in total. The fourth-order valence-corrected chi connectivity index (χ4v) is 2.18. The Morgan fingerprint density at radius 2 is 1.25 bits per heavy atom. The molecule has 144 valence electrons. The first-order valence-corrected chi connectivity index (χ1v) is 7.88. The lowest BCUT2D eigenvalue weighted by molar-refractivity contribution is 0.535. The normalized spacial score (nSPS) is 10.4. The average Bonchev–Trinajstić information content (AvgIpc) is 3.01. The highest BCUT2D eigenvalue weighted by atomic mass is 16.2. The SMILES string of the molecule is Nc1nc(N)nc(CCn2nc3ccccc3n2)n1.O=c1[nH]c(=O)[nH]c(=O)[nH]1. The Morgan fingerprint density at radius 3 is 1.71 bits per heavy atom. The summed E-state index contributed by atoms with van der Waals surface area (Å²) in [4.78, 5) is 49.3. The lowest BCUT2D eigenvalue weighted by Crippen LogP contribution is -2.34. The molecule has 0 aliphatic heterocycles. The van der Waals surface area contributed by atoms with Crippen LogP contribution in [0.15, 0.2) is 38.6 Å². The van der Waals surface area contributed by atoms with Crippen LogP contribution in [0.2, 0.25) is 0 Å². The zero-order valence-electron chi connectivity index (χ0n) is 14.3. The quantitative estimate of drug-likeness (QED) is 0.255. The first kappa shape index (κ1) is 18.4. The molecule has 0 spiro atoms. The number of nitrogen functional groups attached to an aromatic ring is 2. The predicted molar refractivity (Wildman–Crippen MR) is 98.2 cm³/mol. The Balaban J connectivity index is 0.000000211. The molecule has 1 aromatic carbocycles. The average molecular weight is 385 g/mol. The molecule has 3 aromatic heterocycles. The zero-order chi connectivity index (χ0) is 20.1. The first-order chi connectivity index (χ1) is 13.4. The van der Waals surface area contributed by atoms with Crippen molar-refractivity contribution in [2.24, 2.45) is 0 Å². The maximum atomic E-state index is 10.2. The molecule has 0 fully saturated rings. The number of fused-ring (bicyclic) bond motifs is 1. The lowest BCUT2D eigenvalue weighted by Gasteiger charge is -2.01. The van der Waals surface area contributed by atoms with Gasteiger partial charge in [0.15, 0.2) is 0 Å². The van der Waals surface area contributed by atoms with Gasteiger partial charge in [-0.15, -0.1) is 0 Å². The van der Waals surface area contributed by atoms with E-state index < -0.39 is 17.1 Å². The van der Waals surface area contributed by atoms with Gasteiger partial charge >= 0.3 is 17.1 Å². The third-order valence-electron chi connectivity index (χ3n) is 3.26. The summed E-state index contributed by atoms with van der Waals surface area (Å²) in [5.41, 5.74) is 10.3. The smallest absolute Gasteiger partial charge is 0.330 e. The molecule has 14 heteroatoms. The third kappa shape index (κ3) is 4.84. The van der Waals surface area contributed by atoms with Crippen LogP contribution in [0.5, 0.6) is 0 Å². The van der Waals surface area contributed by atoms with E-state index in [0.29, 0.717) is 18.8 Å². The Labute approximate surface area is 154 Å². The number of nitrogens with two attached hydrogens (primary N) is 2. The molecule has 0 saturated heterocycles. The molecule has 4 aromatic rings. The van der Waals surface area contributed by atoms with Crippen LogP contribution in [0.25, 0.3) is 11.0 Å². The van der Waals surface area contributed by atoms with Crippen molar-refractivity contribution in [2.75, 3.05) is 11.5 Å². The van der Waals surface area contributed by atoms with Gasteiger partial charge in [0.2, 0.25) is 11.9 Å². The van der Waals surface area contributed by atoms with Gasteiger partial charge in [-0.3, -0.25) is 15.0 Å². The van der Waals surface area contributed by atoms with Gasteiger partial charge in [-0.25, -0.2) is 14.4 Å². The number of anilines is 2. The molecule has 0 aliphatic rings. The first-order valence-electron chi connectivity index (χ1n) is 7.88. The van der Waals surface area contributed by atoms with Crippen molar-refractivity contribution in [3.63, 3.8) is 0 Å². The summed E-state index contributed by atoms with van der Waals surface area (Å²) in [5, 5.41) is 8.69. The lowest BCUT2D eigenvalue weighted by atomic mass is 10.3. The topological polar surface area (TPSA) is 220 Å². The van der Waals surface area contributed by atoms with Crippen molar-refractivity contribution in [2.45, 2.75) is 13.0 Å². The number of benzene rings is 1. The summed E-state index contributed by atoms with van der Waals surface area (Å²) < 4.78 is 0. The molecule has 0 radical (unpaired) electrons. The summed E-state index contributed by atoms with van der Waals surface area (Å²) in [6, 6.07) is 7.68. The second-order valence-corrected chi connectivity index (χ2v) is 5.37. The van der Waals surface area contributed by atoms with Crippen molar-refractivity contribution in [3.05, 3.63) is 61.5 Å². The number of aryl methyl sites for hydroxylation is 2. The molecule has 28 heavy (non-hydrogen) atoms. The summed E-state index contributed by atoms with van der Waals surface area (Å²) in [5.74, 6) is 0.786. The minimum Gasteiger partial charge on any atom is -0.368 e. The predicted octanol–water partition coefficient (Wildman–Crippen LogP) is -2.23. The van der Waals surface area contributed by atoms with E-state index in [4.69, 9.17) is 11.5 Å². The Bertz CT molecular complexity index is 1140. The maximum Gasteiger partial charge on any atom is 0.330 e. The van der Waals surface area contributed by atoms with Crippen LogP contribution in [0.3, 0.4) is 0 Å². The van der Waals surface area contributed by atoms with Gasteiger partial charge in [0.25, 0.3) is 0 Å². The number of nitrogens with zero attached hydrogens (tertiary/aromatic N) is 6. The van der Waals surface area contributed by atoms with Crippen LogP contribution in [-0.4, -0.2) is 44.9 Å². The van der Waals surface area contributed by atoms with E-state index in [1.807, 2.05) is 24.3 Å². The number of hydrogen-bond donors (Lipinski definition) is 5. The molecule has 0 unspecified atom stereocenters. The number of aromatic nitrogens is 9. The molecule has 0 atom stereocenters. The molecule has 0 saturated carbocycles. The van der Waals surface area contributed by atoms with Crippen molar-refractivity contribution >= 4 is 22.9 Å². The van der Waals surface area contributed by atoms with E-state index in [2.05, 4.69) is 25.1 Å². The van der Waals surface area contributed by atoms with Crippen LogP contribution in [0, 0.1) is 0 Å².